The van der Waals surface area contributed by atoms with Gasteiger partial charge in [0, 0.05) is 16.8 Å². The molecule has 1 aromatic carbocycles. The fraction of sp³-hybridized carbons (Fsp3) is 0. The summed E-state index contributed by atoms with van der Waals surface area (Å²) >= 11 is 11.5. The van der Waals surface area contributed by atoms with Crippen molar-refractivity contribution < 1.29 is 9.90 Å². The fourth-order valence-electron chi connectivity index (χ4n) is 1.49. The highest BCUT2D eigenvalue weighted by atomic mass is 35.5. The van der Waals surface area contributed by atoms with Gasteiger partial charge >= 0.3 is 5.97 Å². The fourth-order valence-corrected chi connectivity index (χ4v) is 1.84. The molecule has 0 aliphatic carbocycles. The number of nitrogens with zero attached hydrogens (tertiary/aromatic N) is 1. The highest BCUT2D eigenvalue weighted by Gasteiger charge is 2.13. The summed E-state index contributed by atoms with van der Waals surface area (Å²) in [7, 11) is 0. The van der Waals surface area contributed by atoms with Gasteiger partial charge in [-0.2, -0.15) is 0 Å². The molecule has 1 heterocycles. The molecular formula is C12H7Cl2NO2. The molecule has 5 heteroatoms. The van der Waals surface area contributed by atoms with E-state index in [4.69, 9.17) is 28.3 Å². The molecule has 0 unspecified atom stereocenters. The van der Waals surface area contributed by atoms with Gasteiger partial charge in [-0.3, -0.25) is 0 Å². The number of aromatic carboxylic acids is 1. The second-order valence-corrected chi connectivity index (χ2v) is 4.19. The number of pyridine rings is 1. The average molecular weight is 268 g/mol. The first kappa shape index (κ1) is 11.9. The maximum atomic E-state index is 11.1. The first-order chi connectivity index (χ1) is 8.08. The standard InChI is InChI=1S/C12H7Cl2NO2/c13-8-3-1-2-7(4-8)10-6-15-11(14)5-9(10)12(16)17/h1-6H,(H,16,17). The lowest BCUT2D eigenvalue weighted by molar-refractivity contribution is 0.0697. The van der Waals surface area contributed by atoms with Crippen LogP contribution in [0.5, 0.6) is 0 Å². The van der Waals surface area contributed by atoms with Crippen LogP contribution >= 0.6 is 23.2 Å². The largest absolute Gasteiger partial charge is 0.478 e. The van der Waals surface area contributed by atoms with Gasteiger partial charge in [0.25, 0.3) is 0 Å². The van der Waals surface area contributed by atoms with E-state index in [2.05, 4.69) is 4.98 Å². The lowest BCUT2D eigenvalue weighted by Crippen LogP contribution is -2.00. The predicted octanol–water partition coefficient (Wildman–Crippen LogP) is 3.75. The van der Waals surface area contributed by atoms with Crippen molar-refractivity contribution >= 4 is 29.2 Å². The summed E-state index contributed by atoms with van der Waals surface area (Å²) in [5.74, 6) is -1.05. The van der Waals surface area contributed by atoms with Gasteiger partial charge in [-0.05, 0) is 23.8 Å². The Balaban J connectivity index is 2.63. The molecule has 0 aliphatic heterocycles. The zero-order valence-corrected chi connectivity index (χ0v) is 10.0. The van der Waals surface area contributed by atoms with Gasteiger partial charge in [0.05, 0.1) is 5.56 Å². The van der Waals surface area contributed by atoms with Gasteiger partial charge in [0.2, 0.25) is 0 Å². The Kier molecular flexibility index (Phi) is 3.31. The molecule has 0 aliphatic rings. The molecule has 0 amide bonds. The summed E-state index contributed by atoms with van der Waals surface area (Å²) in [6, 6.07) is 8.23. The van der Waals surface area contributed by atoms with Crippen LogP contribution in [0, 0.1) is 0 Å². The Morgan fingerprint density at radius 1 is 1.24 bits per heavy atom. The van der Waals surface area contributed by atoms with E-state index >= 15 is 0 Å². The molecule has 17 heavy (non-hydrogen) atoms. The first-order valence-corrected chi connectivity index (χ1v) is 5.48. The van der Waals surface area contributed by atoms with Crippen LogP contribution in [0.3, 0.4) is 0 Å². The molecular weight excluding hydrogens is 261 g/mol. The summed E-state index contributed by atoms with van der Waals surface area (Å²) in [6.07, 6.45) is 1.43. The number of carboxylic acids is 1. The third-order valence-corrected chi connectivity index (χ3v) is 2.68. The van der Waals surface area contributed by atoms with Crippen molar-refractivity contribution in [2.45, 2.75) is 0 Å². The van der Waals surface area contributed by atoms with Crippen LogP contribution in [-0.2, 0) is 0 Å². The SMILES string of the molecule is O=C(O)c1cc(Cl)ncc1-c1cccc(Cl)c1. The maximum absolute atomic E-state index is 11.1. The third-order valence-electron chi connectivity index (χ3n) is 2.24. The van der Waals surface area contributed by atoms with Gasteiger partial charge in [-0.1, -0.05) is 35.3 Å². The zero-order valence-electron chi connectivity index (χ0n) is 8.52. The molecule has 1 aromatic heterocycles. The third kappa shape index (κ3) is 2.57. The van der Waals surface area contributed by atoms with Crippen molar-refractivity contribution in [1.82, 2.24) is 4.98 Å². The molecule has 2 aromatic rings. The Morgan fingerprint density at radius 3 is 2.65 bits per heavy atom. The molecule has 86 valence electrons. The van der Waals surface area contributed by atoms with E-state index in [1.807, 2.05) is 0 Å². The summed E-state index contributed by atoms with van der Waals surface area (Å²) in [4.78, 5) is 15.0. The van der Waals surface area contributed by atoms with E-state index in [9.17, 15) is 4.79 Å². The van der Waals surface area contributed by atoms with Crippen LogP contribution in [0.4, 0.5) is 0 Å². The highest BCUT2D eigenvalue weighted by molar-refractivity contribution is 6.31. The van der Waals surface area contributed by atoms with Gasteiger partial charge in [0.1, 0.15) is 5.15 Å². The van der Waals surface area contributed by atoms with Crippen molar-refractivity contribution in [2.75, 3.05) is 0 Å². The number of carbonyl (C=O) groups is 1. The molecule has 0 atom stereocenters. The van der Waals surface area contributed by atoms with Gasteiger partial charge < -0.3 is 5.11 Å². The molecule has 2 rings (SSSR count). The zero-order chi connectivity index (χ0) is 12.4. The minimum absolute atomic E-state index is 0.104. The number of hydrogen-bond acceptors (Lipinski definition) is 2. The van der Waals surface area contributed by atoms with E-state index in [-0.39, 0.29) is 10.7 Å². The number of hydrogen-bond donors (Lipinski definition) is 1. The predicted molar refractivity (Wildman–Crippen MR) is 66.7 cm³/mol. The first-order valence-electron chi connectivity index (χ1n) is 4.72. The van der Waals surface area contributed by atoms with Crippen LogP contribution < -0.4 is 0 Å². The van der Waals surface area contributed by atoms with Crippen molar-refractivity contribution in [3.8, 4) is 11.1 Å². The summed E-state index contributed by atoms with van der Waals surface area (Å²) in [5, 5.41) is 9.78. The van der Waals surface area contributed by atoms with Crippen molar-refractivity contribution in [1.29, 1.82) is 0 Å². The summed E-state index contributed by atoms with van der Waals surface area (Å²) < 4.78 is 0. The summed E-state index contributed by atoms with van der Waals surface area (Å²) in [6.45, 7) is 0. The Hall–Kier alpha value is -1.58. The van der Waals surface area contributed by atoms with Crippen molar-refractivity contribution in [2.24, 2.45) is 0 Å². The molecule has 0 radical (unpaired) electrons. The number of carboxylic acid groups (broad SMARTS) is 1. The normalized spacial score (nSPS) is 10.2. The lowest BCUT2D eigenvalue weighted by atomic mass is 10.0. The van der Waals surface area contributed by atoms with E-state index in [0.717, 1.165) is 0 Å². The van der Waals surface area contributed by atoms with Crippen molar-refractivity contribution in [3.63, 3.8) is 0 Å². The Labute approximate surface area is 108 Å². The van der Waals surface area contributed by atoms with E-state index in [0.29, 0.717) is 16.1 Å². The topological polar surface area (TPSA) is 50.2 Å². The molecule has 0 spiro atoms. The molecule has 1 N–H and O–H groups in total. The number of halogens is 2. The molecule has 0 saturated heterocycles. The quantitative estimate of drug-likeness (QED) is 0.844. The van der Waals surface area contributed by atoms with E-state index < -0.39 is 5.97 Å². The minimum atomic E-state index is -1.05. The summed E-state index contributed by atoms with van der Waals surface area (Å²) in [5.41, 5.74) is 1.29. The van der Waals surface area contributed by atoms with E-state index in [1.54, 1.807) is 24.3 Å². The highest BCUT2D eigenvalue weighted by Crippen LogP contribution is 2.27. The minimum Gasteiger partial charge on any atom is -0.478 e. The van der Waals surface area contributed by atoms with Crippen LogP contribution in [-0.4, -0.2) is 16.1 Å². The maximum Gasteiger partial charge on any atom is 0.336 e. The molecule has 0 fully saturated rings. The van der Waals surface area contributed by atoms with Crippen LogP contribution in [0.2, 0.25) is 10.2 Å². The van der Waals surface area contributed by atoms with Gasteiger partial charge in [-0.25, -0.2) is 9.78 Å². The lowest BCUT2D eigenvalue weighted by Gasteiger charge is -2.06. The van der Waals surface area contributed by atoms with E-state index in [1.165, 1.54) is 12.3 Å². The average Bonchev–Trinajstić information content (AvgIpc) is 2.28. The molecule has 3 nitrogen and oxygen atoms in total. The van der Waals surface area contributed by atoms with Crippen LogP contribution in [0.1, 0.15) is 10.4 Å². The Morgan fingerprint density at radius 2 is 2.00 bits per heavy atom. The van der Waals surface area contributed by atoms with Crippen LogP contribution in [0.15, 0.2) is 36.5 Å². The van der Waals surface area contributed by atoms with Gasteiger partial charge in [-0.15, -0.1) is 0 Å². The second-order valence-electron chi connectivity index (χ2n) is 3.37. The van der Waals surface area contributed by atoms with Crippen LogP contribution in [0.25, 0.3) is 11.1 Å². The smallest absolute Gasteiger partial charge is 0.336 e. The number of benzene rings is 1. The number of rotatable bonds is 2. The monoisotopic (exact) mass is 267 g/mol. The second kappa shape index (κ2) is 4.73. The van der Waals surface area contributed by atoms with Gasteiger partial charge in [0.15, 0.2) is 0 Å². The number of aromatic nitrogens is 1. The molecule has 0 saturated carbocycles. The Bertz CT molecular complexity index is 584. The van der Waals surface area contributed by atoms with Crippen molar-refractivity contribution in [3.05, 3.63) is 52.3 Å². The molecule has 0 bridgehead atoms.